The van der Waals surface area contributed by atoms with Gasteiger partial charge in [-0.2, -0.15) is 0 Å². The van der Waals surface area contributed by atoms with E-state index in [1.165, 1.54) is 19.2 Å². The van der Waals surface area contributed by atoms with Gasteiger partial charge in [-0.15, -0.1) is 0 Å². The molecule has 0 aromatic heterocycles. The summed E-state index contributed by atoms with van der Waals surface area (Å²) < 4.78 is 18.6. The van der Waals surface area contributed by atoms with E-state index in [0.29, 0.717) is 0 Å². The van der Waals surface area contributed by atoms with Gasteiger partial charge in [-0.3, -0.25) is 4.79 Å². The van der Waals surface area contributed by atoms with E-state index in [1.807, 2.05) is 0 Å². The smallest absolute Gasteiger partial charge is 0.313 e. The van der Waals surface area contributed by atoms with Gasteiger partial charge >= 0.3 is 5.97 Å². The van der Waals surface area contributed by atoms with Crippen molar-refractivity contribution in [3.8, 4) is 0 Å². The molecule has 0 fully saturated rings. The van der Waals surface area contributed by atoms with E-state index in [9.17, 15) is 9.18 Å². The van der Waals surface area contributed by atoms with E-state index in [4.69, 9.17) is 28.9 Å². The third kappa shape index (κ3) is 2.60. The molecule has 6 heteroatoms. The fraction of sp³-hybridized carbons (Fsp3) is 0.417. The van der Waals surface area contributed by atoms with Crippen molar-refractivity contribution < 1.29 is 13.9 Å². The van der Waals surface area contributed by atoms with Crippen molar-refractivity contribution in [3.05, 3.63) is 33.6 Å². The van der Waals surface area contributed by atoms with Gasteiger partial charge in [-0.1, -0.05) is 23.2 Å². The Kier molecular flexibility index (Phi) is 4.59. The van der Waals surface area contributed by atoms with E-state index >= 15 is 0 Å². The third-order valence-corrected chi connectivity index (χ3v) is 3.50. The number of hydrogen-bond donors (Lipinski definition) is 1. The molecule has 1 atom stereocenters. The van der Waals surface area contributed by atoms with E-state index in [-0.39, 0.29) is 15.6 Å². The largest absolute Gasteiger partial charge is 0.469 e. The minimum absolute atomic E-state index is 0.0135. The molecule has 0 aliphatic rings. The van der Waals surface area contributed by atoms with Crippen LogP contribution in [0.2, 0.25) is 10.0 Å². The number of esters is 1. The molecule has 0 unspecified atom stereocenters. The van der Waals surface area contributed by atoms with Crippen LogP contribution in [0.15, 0.2) is 12.1 Å². The van der Waals surface area contributed by atoms with Crippen molar-refractivity contribution in [2.24, 2.45) is 11.1 Å². The molecule has 0 aliphatic heterocycles. The van der Waals surface area contributed by atoms with Gasteiger partial charge in [-0.25, -0.2) is 4.39 Å². The van der Waals surface area contributed by atoms with Crippen LogP contribution in [0.4, 0.5) is 4.39 Å². The molecule has 1 aromatic carbocycles. The number of nitrogens with two attached hydrogens (primary N) is 1. The molecule has 2 N–H and O–H groups in total. The number of halogens is 3. The molecule has 3 nitrogen and oxygen atoms in total. The summed E-state index contributed by atoms with van der Waals surface area (Å²) in [6, 6.07) is 1.81. The Morgan fingerprint density at radius 1 is 1.39 bits per heavy atom. The number of methoxy groups -OCH3 is 1. The average molecular weight is 294 g/mol. The quantitative estimate of drug-likeness (QED) is 0.687. The van der Waals surface area contributed by atoms with Crippen molar-refractivity contribution >= 4 is 29.2 Å². The summed E-state index contributed by atoms with van der Waals surface area (Å²) >= 11 is 11.6. The van der Waals surface area contributed by atoms with Crippen LogP contribution in [-0.4, -0.2) is 13.1 Å². The van der Waals surface area contributed by atoms with E-state index in [2.05, 4.69) is 4.74 Å². The Morgan fingerprint density at radius 2 is 1.89 bits per heavy atom. The van der Waals surface area contributed by atoms with Gasteiger partial charge in [0.2, 0.25) is 0 Å². The van der Waals surface area contributed by atoms with Crippen LogP contribution in [0.3, 0.4) is 0 Å². The van der Waals surface area contributed by atoms with Crippen LogP contribution < -0.4 is 5.73 Å². The maximum atomic E-state index is 14.0. The van der Waals surface area contributed by atoms with Gasteiger partial charge in [0, 0.05) is 16.6 Å². The van der Waals surface area contributed by atoms with E-state index < -0.39 is 23.2 Å². The first-order valence-electron chi connectivity index (χ1n) is 5.20. The lowest BCUT2D eigenvalue weighted by atomic mass is 9.81. The second-order valence-electron chi connectivity index (χ2n) is 4.45. The monoisotopic (exact) mass is 293 g/mol. The predicted molar refractivity (Wildman–Crippen MR) is 69.1 cm³/mol. The lowest BCUT2D eigenvalue weighted by molar-refractivity contribution is -0.152. The zero-order valence-corrected chi connectivity index (χ0v) is 11.8. The molecule has 0 amide bonds. The molecule has 1 rings (SSSR count). The summed E-state index contributed by atoms with van der Waals surface area (Å²) in [5, 5.41) is 0.0342. The minimum Gasteiger partial charge on any atom is -0.469 e. The van der Waals surface area contributed by atoms with Crippen LogP contribution in [0.25, 0.3) is 0 Å². The molecule has 0 saturated carbocycles. The van der Waals surface area contributed by atoms with Crippen LogP contribution in [0.1, 0.15) is 25.5 Å². The minimum atomic E-state index is -1.12. The number of benzene rings is 1. The first-order chi connectivity index (χ1) is 8.23. The maximum Gasteiger partial charge on any atom is 0.313 e. The highest BCUT2D eigenvalue weighted by molar-refractivity contribution is 6.33. The molecule has 0 bridgehead atoms. The molecule has 0 saturated heterocycles. The summed E-state index contributed by atoms with van der Waals surface area (Å²) in [5.74, 6) is -1.26. The Morgan fingerprint density at radius 3 is 2.39 bits per heavy atom. The first kappa shape index (κ1) is 15.2. The number of ether oxygens (including phenoxy) is 1. The second-order valence-corrected chi connectivity index (χ2v) is 5.26. The normalized spacial score (nSPS) is 13.3. The Balaban J connectivity index is 3.31. The lowest BCUT2D eigenvalue weighted by Gasteiger charge is -2.29. The highest BCUT2D eigenvalue weighted by atomic mass is 35.5. The maximum absolute atomic E-state index is 14.0. The molecule has 0 spiro atoms. The Labute approximate surface area is 115 Å². The first-order valence-corrected chi connectivity index (χ1v) is 5.96. The Hall–Kier alpha value is -0.840. The van der Waals surface area contributed by atoms with Gasteiger partial charge in [0.25, 0.3) is 0 Å². The molecule has 18 heavy (non-hydrogen) atoms. The molecule has 0 heterocycles. The fourth-order valence-corrected chi connectivity index (χ4v) is 2.01. The topological polar surface area (TPSA) is 52.3 Å². The van der Waals surface area contributed by atoms with E-state index in [1.54, 1.807) is 13.8 Å². The van der Waals surface area contributed by atoms with Crippen molar-refractivity contribution in [3.63, 3.8) is 0 Å². The van der Waals surface area contributed by atoms with Crippen molar-refractivity contribution in [1.29, 1.82) is 0 Å². The highest BCUT2D eigenvalue weighted by Gasteiger charge is 2.39. The van der Waals surface area contributed by atoms with Gasteiger partial charge < -0.3 is 10.5 Å². The van der Waals surface area contributed by atoms with Crippen molar-refractivity contribution in [2.75, 3.05) is 7.11 Å². The van der Waals surface area contributed by atoms with Gasteiger partial charge in [0.15, 0.2) is 0 Å². The van der Waals surface area contributed by atoms with Crippen LogP contribution in [0.5, 0.6) is 0 Å². The molecule has 0 aliphatic carbocycles. The van der Waals surface area contributed by atoms with E-state index in [0.717, 1.165) is 0 Å². The number of carbonyl (C=O) groups is 1. The zero-order chi connectivity index (χ0) is 14.1. The van der Waals surface area contributed by atoms with Crippen LogP contribution >= 0.6 is 23.2 Å². The van der Waals surface area contributed by atoms with Crippen molar-refractivity contribution in [1.82, 2.24) is 0 Å². The molecule has 100 valence electrons. The second kappa shape index (κ2) is 5.43. The summed E-state index contributed by atoms with van der Waals surface area (Å²) in [7, 11) is 1.24. The average Bonchev–Trinajstić information content (AvgIpc) is 2.33. The number of hydrogen-bond acceptors (Lipinski definition) is 3. The van der Waals surface area contributed by atoms with Gasteiger partial charge in [0.1, 0.15) is 5.82 Å². The molecular formula is C12H14Cl2FNO2. The van der Waals surface area contributed by atoms with Crippen molar-refractivity contribution in [2.45, 2.75) is 19.9 Å². The predicted octanol–water partition coefficient (Wildman–Crippen LogP) is 3.33. The molecule has 1 aromatic rings. The van der Waals surface area contributed by atoms with Gasteiger partial charge in [-0.05, 0) is 26.0 Å². The standard InChI is InChI=1S/C12H14Cl2FNO2/c1-12(2,11(17)18-3)10(16)8-6(13)4-5-7(14)9(8)15/h4-5,10H,16H2,1-3H3/t10-/m0/s1. The van der Waals surface area contributed by atoms with Crippen LogP contribution in [-0.2, 0) is 9.53 Å². The Bertz CT molecular complexity index is 477. The third-order valence-electron chi connectivity index (χ3n) is 2.88. The lowest BCUT2D eigenvalue weighted by Crippen LogP contribution is -2.38. The summed E-state index contributed by atoms with van der Waals surface area (Å²) in [4.78, 5) is 11.7. The number of carbonyl (C=O) groups excluding carboxylic acids is 1. The summed E-state index contributed by atoms with van der Waals surface area (Å²) in [6.07, 6.45) is 0. The van der Waals surface area contributed by atoms with Crippen LogP contribution in [0, 0.1) is 11.2 Å². The molecular weight excluding hydrogens is 280 g/mol. The summed E-state index contributed by atoms with van der Waals surface area (Å²) in [6.45, 7) is 3.11. The zero-order valence-electron chi connectivity index (χ0n) is 10.3. The number of rotatable bonds is 3. The molecule has 0 radical (unpaired) electrons. The highest BCUT2D eigenvalue weighted by Crippen LogP contribution is 2.39. The van der Waals surface area contributed by atoms with Gasteiger partial charge in [0.05, 0.1) is 17.5 Å². The SMILES string of the molecule is COC(=O)C(C)(C)[C@@H](N)c1c(Cl)ccc(Cl)c1F. The summed E-state index contributed by atoms with van der Waals surface area (Å²) in [5.41, 5.74) is 4.83. The fourth-order valence-electron chi connectivity index (χ4n) is 1.58.